The van der Waals surface area contributed by atoms with Crippen molar-refractivity contribution >= 4 is 16.9 Å². The number of rotatable bonds is 2. The molecule has 0 spiro atoms. The summed E-state index contributed by atoms with van der Waals surface area (Å²) in [4.78, 5) is 18.7. The van der Waals surface area contributed by atoms with E-state index in [1.807, 2.05) is 0 Å². The number of aromatic nitrogens is 1. The van der Waals surface area contributed by atoms with Gasteiger partial charge in [-0.05, 0) is 25.3 Å². The Morgan fingerprint density at radius 3 is 3.19 bits per heavy atom. The summed E-state index contributed by atoms with van der Waals surface area (Å²) in [5, 5.41) is 3.59. The molecule has 21 heavy (non-hydrogen) atoms. The monoisotopic (exact) mass is 289 g/mol. The molecule has 1 N–H and O–H groups in total. The molecule has 4 rings (SSSR count). The predicted octanol–water partition coefficient (Wildman–Crippen LogP) is 1.79. The van der Waals surface area contributed by atoms with Crippen LogP contribution in [0.3, 0.4) is 0 Å². The molecule has 5 nitrogen and oxygen atoms in total. The number of nitrogens with one attached hydrogen (secondary N) is 1. The standard InChI is InChI=1S/C15H16FN3O2/c16-14-4-10-6-17-12(5-13(10)21-14)15(20)18-11-3-9-1-2-19(7-9)8-11/h4-6,9,11H,1-3,7-8H2,(H,18,20)/t9?,11-/m1/s1. The van der Waals surface area contributed by atoms with Gasteiger partial charge in [-0.3, -0.25) is 9.78 Å². The number of carbonyl (C=O) groups excluding carboxylic acids is 1. The molecule has 2 aliphatic rings. The summed E-state index contributed by atoms with van der Waals surface area (Å²) < 4.78 is 17.9. The van der Waals surface area contributed by atoms with Gasteiger partial charge >= 0.3 is 0 Å². The quantitative estimate of drug-likeness (QED) is 0.915. The van der Waals surface area contributed by atoms with Crippen molar-refractivity contribution in [3.8, 4) is 0 Å². The second-order valence-electron chi connectivity index (χ2n) is 5.98. The molecule has 0 saturated carbocycles. The number of piperidine rings is 1. The summed E-state index contributed by atoms with van der Waals surface area (Å²) in [6.45, 7) is 3.19. The molecule has 0 aromatic carbocycles. The Hall–Kier alpha value is -1.95. The zero-order chi connectivity index (χ0) is 14.4. The molecule has 110 valence electrons. The van der Waals surface area contributed by atoms with Crippen molar-refractivity contribution in [1.29, 1.82) is 0 Å². The maximum atomic E-state index is 13.0. The Bertz CT molecular complexity index is 687. The first-order valence-corrected chi connectivity index (χ1v) is 7.26. The molecule has 0 aliphatic carbocycles. The van der Waals surface area contributed by atoms with Crippen LogP contribution in [-0.2, 0) is 0 Å². The van der Waals surface area contributed by atoms with E-state index in [1.165, 1.54) is 24.8 Å². The second kappa shape index (κ2) is 4.80. The van der Waals surface area contributed by atoms with E-state index in [-0.39, 0.29) is 17.6 Å². The van der Waals surface area contributed by atoms with Crippen LogP contribution >= 0.6 is 0 Å². The van der Waals surface area contributed by atoms with E-state index in [0.29, 0.717) is 16.9 Å². The van der Waals surface area contributed by atoms with Gasteiger partial charge in [-0.25, -0.2) is 0 Å². The topological polar surface area (TPSA) is 58.4 Å². The Morgan fingerprint density at radius 2 is 2.33 bits per heavy atom. The third-order valence-electron chi connectivity index (χ3n) is 4.41. The molecule has 2 fully saturated rings. The highest BCUT2D eigenvalue weighted by Gasteiger charge is 2.33. The summed E-state index contributed by atoms with van der Waals surface area (Å²) in [5.41, 5.74) is 0.616. The number of carbonyl (C=O) groups is 1. The summed E-state index contributed by atoms with van der Waals surface area (Å²) in [6.07, 6.45) is 3.72. The molecule has 2 aliphatic heterocycles. The van der Waals surface area contributed by atoms with Crippen molar-refractivity contribution in [2.45, 2.75) is 18.9 Å². The molecule has 2 saturated heterocycles. The molecule has 1 amide bonds. The van der Waals surface area contributed by atoms with Gasteiger partial charge in [-0.15, -0.1) is 0 Å². The van der Waals surface area contributed by atoms with Crippen LogP contribution < -0.4 is 5.32 Å². The zero-order valence-corrected chi connectivity index (χ0v) is 11.5. The maximum Gasteiger partial charge on any atom is 0.278 e. The minimum atomic E-state index is -0.666. The van der Waals surface area contributed by atoms with Crippen molar-refractivity contribution in [3.05, 3.63) is 30.0 Å². The lowest BCUT2D eigenvalue weighted by Crippen LogP contribution is -2.47. The molecular formula is C15H16FN3O2. The van der Waals surface area contributed by atoms with Gasteiger partial charge in [0.25, 0.3) is 11.9 Å². The number of hydrogen-bond donors (Lipinski definition) is 1. The Kier molecular flexibility index (Phi) is 2.92. The van der Waals surface area contributed by atoms with Crippen LogP contribution in [0.1, 0.15) is 23.3 Å². The predicted molar refractivity (Wildman–Crippen MR) is 74.4 cm³/mol. The van der Waals surface area contributed by atoms with Crippen LogP contribution in [0.2, 0.25) is 0 Å². The highest BCUT2D eigenvalue weighted by Crippen LogP contribution is 2.27. The van der Waals surface area contributed by atoms with E-state index >= 15 is 0 Å². The number of furan rings is 1. The van der Waals surface area contributed by atoms with Gasteiger partial charge in [0.15, 0.2) is 0 Å². The minimum Gasteiger partial charge on any atom is -0.431 e. The van der Waals surface area contributed by atoms with Crippen molar-refractivity contribution < 1.29 is 13.6 Å². The van der Waals surface area contributed by atoms with Gasteiger partial charge in [0.05, 0.1) is 0 Å². The fourth-order valence-corrected chi connectivity index (χ4v) is 3.45. The highest BCUT2D eigenvalue weighted by molar-refractivity contribution is 5.95. The highest BCUT2D eigenvalue weighted by atomic mass is 19.1. The van der Waals surface area contributed by atoms with Crippen molar-refractivity contribution in [3.63, 3.8) is 0 Å². The second-order valence-corrected chi connectivity index (χ2v) is 5.98. The first kappa shape index (κ1) is 12.8. The average Bonchev–Trinajstić information content (AvgIpc) is 2.99. The number of halogens is 1. The molecular weight excluding hydrogens is 273 g/mol. The Labute approximate surface area is 121 Å². The largest absolute Gasteiger partial charge is 0.431 e. The minimum absolute atomic E-state index is 0.171. The normalized spacial score (nSPS) is 28.0. The van der Waals surface area contributed by atoms with Gasteiger partial charge in [0.1, 0.15) is 11.3 Å². The van der Waals surface area contributed by atoms with Crippen LogP contribution in [0.4, 0.5) is 4.39 Å². The third kappa shape index (κ3) is 2.40. The fraction of sp³-hybridized carbons (Fsp3) is 0.467. The Balaban J connectivity index is 1.50. The van der Waals surface area contributed by atoms with Gasteiger partial charge in [0.2, 0.25) is 0 Å². The van der Waals surface area contributed by atoms with Gasteiger partial charge < -0.3 is 14.6 Å². The lowest BCUT2D eigenvalue weighted by molar-refractivity contribution is 0.0904. The summed E-state index contributed by atoms with van der Waals surface area (Å²) >= 11 is 0. The number of hydrogen-bond acceptors (Lipinski definition) is 4. The molecule has 2 aromatic heterocycles. The molecule has 3 atom stereocenters. The van der Waals surface area contributed by atoms with Crippen LogP contribution in [-0.4, -0.2) is 41.5 Å². The van der Waals surface area contributed by atoms with Gasteiger partial charge in [-0.1, -0.05) is 0 Å². The lowest BCUT2D eigenvalue weighted by Gasteiger charge is -2.30. The zero-order valence-electron chi connectivity index (χ0n) is 11.5. The molecule has 6 heteroatoms. The molecule has 2 unspecified atom stereocenters. The van der Waals surface area contributed by atoms with Crippen LogP contribution in [0.25, 0.3) is 11.0 Å². The van der Waals surface area contributed by atoms with E-state index in [2.05, 4.69) is 15.2 Å². The SMILES string of the molecule is O=C(N[C@@H]1CC2CCN(C2)C1)c1cc2oc(F)cc2cn1. The molecule has 2 aromatic rings. The van der Waals surface area contributed by atoms with Gasteiger partial charge in [-0.2, -0.15) is 4.39 Å². The maximum absolute atomic E-state index is 13.0. The molecule has 0 radical (unpaired) electrons. The average molecular weight is 289 g/mol. The summed E-state index contributed by atoms with van der Waals surface area (Å²) in [5.74, 6) is 0.472. The summed E-state index contributed by atoms with van der Waals surface area (Å²) in [7, 11) is 0. The number of pyridine rings is 1. The summed E-state index contributed by atoms with van der Waals surface area (Å²) in [6, 6.07) is 2.26. The third-order valence-corrected chi connectivity index (χ3v) is 4.41. The van der Waals surface area contributed by atoms with Crippen molar-refractivity contribution in [1.82, 2.24) is 15.2 Å². The van der Waals surface area contributed by atoms with Crippen LogP contribution in [0.5, 0.6) is 0 Å². The Morgan fingerprint density at radius 1 is 1.43 bits per heavy atom. The van der Waals surface area contributed by atoms with Crippen LogP contribution in [0.15, 0.2) is 22.7 Å². The first-order chi connectivity index (χ1) is 10.2. The van der Waals surface area contributed by atoms with Gasteiger partial charge in [0, 0.05) is 42.8 Å². The van der Waals surface area contributed by atoms with E-state index in [4.69, 9.17) is 4.42 Å². The van der Waals surface area contributed by atoms with Crippen molar-refractivity contribution in [2.24, 2.45) is 5.92 Å². The molecule has 2 bridgehead atoms. The van der Waals surface area contributed by atoms with E-state index in [9.17, 15) is 9.18 Å². The van der Waals surface area contributed by atoms with Crippen molar-refractivity contribution in [2.75, 3.05) is 19.6 Å². The number of amides is 1. The number of nitrogens with zero attached hydrogens (tertiary/aromatic N) is 2. The van der Waals surface area contributed by atoms with E-state index in [1.54, 1.807) is 0 Å². The first-order valence-electron chi connectivity index (χ1n) is 7.26. The number of fused-ring (bicyclic) bond motifs is 3. The smallest absolute Gasteiger partial charge is 0.278 e. The lowest BCUT2D eigenvalue weighted by atomic mass is 9.97. The van der Waals surface area contributed by atoms with Crippen LogP contribution in [0, 0.1) is 11.9 Å². The van der Waals surface area contributed by atoms with E-state index < -0.39 is 6.01 Å². The van der Waals surface area contributed by atoms with E-state index in [0.717, 1.165) is 26.1 Å². The molecule has 4 heterocycles. The fourth-order valence-electron chi connectivity index (χ4n) is 3.45.